The Morgan fingerprint density at radius 1 is 1.17 bits per heavy atom. The minimum atomic E-state index is -1.62. The molecule has 1 amide bonds. The molecule has 0 unspecified atom stereocenters. The topological polar surface area (TPSA) is 132 Å². The number of pyridine rings is 1. The maximum absolute atomic E-state index is 15.1. The Morgan fingerprint density at radius 2 is 1.95 bits per heavy atom. The normalized spacial score (nSPS) is 14.9. The van der Waals surface area contributed by atoms with Gasteiger partial charge in [-0.3, -0.25) is 19.0 Å². The molecule has 1 fully saturated rings. The van der Waals surface area contributed by atoms with Crippen LogP contribution in [0.4, 0.5) is 20.3 Å². The Balaban J connectivity index is 1.40. The number of carbonyl (C=O) groups excluding carboxylic acids is 2. The Kier molecular flexibility index (Phi) is 6.91. The van der Waals surface area contributed by atoms with Crippen LogP contribution in [0.25, 0.3) is 22.2 Å². The molecule has 5 heterocycles. The lowest BCUT2D eigenvalue weighted by molar-refractivity contribution is -0.116. The zero-order valence-corrected chi connectivity index (χ0v) is 22.2. The van der Waals surface area contributed by atoms with E-state index in [1.54, 1.807) is 6.07 Å². The van der Waals surface area contributed by atoms with Crippen molar-refractivity contribution in [2.75, 3.05) is 36.5 Å². The van der Waals surface area contributed by atoms with Gasteiger partial charge >= 0.3 is 0 Å². The quantitative estimate of drug-likeness (QED) is 0.331. The molecule has 0 radical (unpaired) electrons. The van der Waals surface area contributed by atoms with Crippen LogP contribution in [-0.4, -0.2) is 62.7 Å². The largest absolute Gasteiger partial charge is 0.504 e. The van der Waals surface area contributed by atoms with Crippen LogP contribution in [0, 0.1) is 11.6 Å². The van der Waals surface area contributed by atoms with Crippen LogP contribution in [-0.2, 0) is 29.0 Å². The van der Waals surface area contributed by atoms with Crippen LogP contribution in [0.5, 0.6) is 5.75 Å². The summed E-state index contributed by atoms with van der Waals surface area (Å²) in [5.74, 6) is -3.61. The summed E-state index contributed by atoms with van der Waals surface area (Å²) in [7, 11) is 0. The van der Waals surface area contributed by atoms with E-state index in [9.17, 15) is 23.9 Å². The Morgan fingerprint density at radius 3 is 2.71 bits per heavy atom. The van der Waals surface area contributed by atoms with Crippen molar-refractivity contribution in [2.24, 2.45) is 0 Å². The number of aldehydes is 1. The number of carbonyl (C=O) groups is 2. The van der Waals surface area contributed by atoms with Gasteiger partial charge in [0.05, 0.1) is 41.1 Å². The molecule has 0 atom stereocenters. The van der Waals surface area contributed by atoms with Crippen molar-refractivity contribution in [1.82, 2.24) is 19.1 Å². The fraction of sp³-hybridized carbons (Fsp3) is 0.296. The molecule has 0 aliphatic carbocycles. The second kappa shape index (κ2) is 10.6. The molecule has 0 spiro atoms. The van der Waals surface area contributed by atoms with Crippen molar-refractivity contribution in [3.05, 3.63) is 62.9 Å². The van der Waals surface area contributed by atoms with Crippen molar-refractivity contribution in [1.29, 1.82) is 0 Å². The van der Waals surface area contributed by atoms with Gasteiger partial charge in [0.2, 0.25) is 11.7 Å². The van der Waals surface area contributed by atoms with E-state index in [2.05, 4.69) is 15.3 Å². The molecule has 0 saturated carbocycles. The van der Waals surface area contributed by atoms with Gasteiger partial charge in [-0.1, -0.05) is 11.6 Å². The summed E-state index contributed by atoms with van der Waals surface area (Å²) in [5.41, 5.74) is -1.04. The van der Waals surface area contributed by atoms with Crippen LogP contribution >= 0.6 is 11.6 Å². The van der Waals surface area contributed by atoms with Gasteiger partial charge in [0.1, 0.15) is 23.8 Å². The summed E-state index contributed by atoms with van der Waals surface area (Å²) in [6.45, 7) is 2.41. The molecule has 14 heteroatoms. The van der Waals surface area contributed by atoms with Gasteiger partial charge in [0, 0.05) is 49.4 Å². The Hall–Kier alpha value is -4.36. The number of halogens is 3. The highest BCUT2D eigenvalue weighted by Crippen LogP contribution is 2.36. The number of hydrogen-bond acceptors (Lipinski definition) is 8. The number of morpholine rings is 1. The first kappa shape index (κ1) is 26.8. The predicted octanol–water partition coefficient (Wildman–Crippen LogP) is 3.13. The number of benzene rings is 1. The molecule has 212 valence electrons. The van der Waals surface area contributed by atoms with Crippen LogP contribution in [0.2, 0.25) is 5.02 Å². The van der Waals surface area contributed by atoms with Crippen molar-refractivity contribution in [2.45, 2.75) is 25.9 Å². The maximum atomic E-state index is 15.1. The van der Waals surface area contributed by atoms with Crippen molar-refractivity contribution < 1.29 is 28.2 Å². The van der Waals surface area contributed by atoms with E-state index in [1.807, 2.05) is 4.90 Å². The lowest BCUT2D eigenvalue weighted by Crippen LogP contribution is -2.36. The molecule has 3 aromatic heterocycles. The number of aromatic nitrogens is 4. The number of nitrogens with one attached hydrogen (secondary N) is 1. The molecule has 4 aromatic rings. The zero-order chi connectivity index (χ0) is 28.8. The number of amides is 1. The van der Waals surface area contributed by atoms with Crippen LogP contribution in [0.15, 0.2) is 29.3 Å². The number of phenols is 1. The van der Waals surface area contributed by atoms with Gasteiger partial charge in [0.25, 0.3) is 5.56 Å². The van der Waals surface area contributed by atoms with Gasteiger partial charge in [0.15, 0.2) is 17.9 Å². The first-order valence-electron chi connectivity index (χ1n) is 12.8. The summed E-state index contributed by atoms with van der Waals surface area (Å²) < 4.78 is 37.8. The van der Waals surface area contributed by atoms with Gasteiger partial charge < -0.3 is 24.6 Å². The number of rotatable bonds is 6. The van der Waals surface area contributed by atoms with Crippen molar-refractivity contribution in [3.8, 4) is 16.9 Å². The Labute approximate surface area is 235 Å². The average Bonchev–Trinajstić information content (AvgIpc) is 3.59. The van der Waals surface area contributed by atoms with E-state index < -0.39 is 40.0 Å². The van der Waals surface area contributed by atoms with Crippen molar-refractivity contribution >= 4 is 46.3 Å². The van der Waals surface area contributed by atoms with Gasteiger partial charge in [-0.25, -0.2) is 14.4 Å². The number of ether oxygens (including phenoxy) is 1. The monoisotopic (exact) mass is 584 g/mol. The minimum absolute atomic E-state index is 0.0409. The van der Waals surface area contributed by atoms with Gasteiger partial charge in [-0.2, -0.15) is 4.39 Å². The minimum Gasteiger partial charge on any atom is -0.504 e. The SMILES string of the molecule is O=Cc1cc(-c2cn(CC(=O)Nc3cc(N4CCOCC4)ncc3Cl)c3nc4n(c(=O)c23)CCC4)c(F)c(F)c1O. The summed E-state index contributed by atoms with van der Waals surface area (Å²) in [5, 5.41) is 12.8. The third-order valence-electron chi connectivity index (χ3n) is 7.23. The van der Waals surface area contributed by atoms with Crippen LogP contribution in [0.1, 0.15) is 22.6 Å². The third-order valence-corrected chi connectivity index (χ3v) is 7.53. The second-order valence-electron chi connectivity index (χ2n) is 9.74. The van der Waals surface area contributed by atoms with Gasteiger partial charge in [-0.05, 0) is 12.5 Å². The molecule has 0 bridgehead atoms. The average molecular weight is 585 g/mol. The highest BCUT2D eigenvalue weighted by Gasteiger charge is 2.27. The molecule has 11 nitrogen and oxygen atoms in total. The summed E-state index contributed by atoms with van der Waals surface area (Å²) in [4.78, 5) is 49.1. The number of nitrogens with zero attached hydrogens (tertiary/aromatic N) is 5. The molecule has 1 aromatic carbocycles. The summed E-state index contributed by atoms with van der Waals surface area (Å²) in [6.07, 6.45) is 4.13. The summed E-state index contributed by atoms with van der Waals surface area (Å²) >= 11 is 6.31. The third kappa shape index (κ3) is 4.70. The lowest BCUT2D eigenvalue weighted by atomic mass is 10.0. The van der Waals surface area contributed by atoms with E-state index in [1.165, 1.54) is 21.5 Å². The molecular formula is C27H23ClF2N6O5. The van der Waals surface area contributed by atoms with E-state index in [-0.39, 0.29) is 34.5 Å². The van der Waals surface area contributed by atoms with Gasteiger partial charge in [-0.15, -0.1) is 0 Å². The number of aromatic hydroxyl groups is 1. The fourth-order valence-corrected chi connectivity index (χ4v) is 5.36. The van der Waals surface area contributed by atoms with Crippen LogP contribution < -0.4 is 15.8 Å². The molecular weight excluding hydrogens is 562 g/mol. The molecule has 2 aliphatic heterocycles. The second-order valence-corrected chi connectivity index (χ2v) is 10.1. The highest BCUT2D eigenvalue weighted by molar-refractivity contribution is 6.33. The predicted molar refractivity (Wildman–Crippen MR) is 146 cm³/mol. The Bertz CT molecular complexity index is 1780. The van der Waals surface area contributed by atoms with E-state index in [0.717, 1.165) is 6.07 Å². The zero-order valence-electron chi connectivity index (χ0n) is 21.5. The number of aryl methyl sites for hydroxylation is 1. The fourth-order valence-electron chi connectivity index (χ4n) is 5.21. The standard InChI is InChI=1S/C27H23ClF2N6O5/c28-17-10-31-20(34-4-6-41-7-5-34)9-18(17)32-21(38)12-35-11-16(15-8-14(13-37)25(39)24(30)23(15)29)22-26(35)33-19-2-1-3-36(19)27(22)40/h8-11,13,39H,1-7,12H2,(H,31,32,38). The number of phenolic OH excluding ortho intramolecular Hbond substituents is 1. The lowest BCUT2D eigenvalue weighted by Gasteiger charge is -2.28. The molecule has 1 saturated heterocycles. The first-order chi connectivity index (χ1) is 19.8. The number of hydrogen-bond donors (Lipinski definition) is 2. The summed E-state index contributed by atoms with van der Waals surface area (Å²) in [6, 6.07) is 2.61. The van der Waals surface area contributed by atoms with E-state index >= 15 is 4.39 Å². The number of fused-ring (bicyclic) bond motifs is 2. The van der Waals surface area contributed by atoms with E-state index in [0.29, 0.717) is 63.0 Å². The van der Waals surface area contributed by atoms with E-state index in [4.69, 9.17) is 16.3 Å². The maximum Gasteiger partial charge on any atom is 0.263 e. The first-order valence-corrected chi connectivity index (χ1v) is 13.2. The highest BCUT2D eigenvalue weighted by atomic mass is 35.5. The smallest absolute Gasteiger partial charge is 0.263 e. The number of anilines is 2. The van der Waals surface area contributed by atoms with Crippen molar-refractivity contribution in [3.63, 3.8) is 0 Å². The molecule has 2 N–H and O–H groups in total. The van der Waals surface area contributed by atoms with Crippen LogP contribution in [0.3, 0.4) is 0 Å². The molecule has 2 aliphatic rings. The molecule has 41 heavy (non-hydrogen) atoms. The molecule has 6 rings (SSSR count).